The monoisotopic (exact) mass is 515 g/mol. The molecule has 1 N–H and O–H groups in total. The lowest BCUT2D eigenvalue weighted by molar-refractivity contribution is 0.311. The van der Waals surface area contributed by atoms with Crippen molar-refractivity contribution in [2.45, 2.75) is 13.8 Å². The van der Waals surface area contributed by atoms with E-state index in [1.165, 1.54) is 16.7 Å². The largest absolute Gasteiger partial charge is 0.338 e. The van der Waals surface area contributed by atoms with Gasteiger partial charge in [0.05, 0.1) is 0 Å². The molecule has 2 aromatic carbocycles. The molecule has 0 radical (unpaired) electrons. The van der Waals surface area contributed by atoms with Gasteiger partial charge in [0, 0.05) is 43.4 Å². The van der Waals surface area contributed by atoms with Gasteiger partial charge in [-0.25, -0.2) is 4.98 Å². The van der Waals surface area contributed by atoms with Crippen molar-refractivity contribution >= 4 is 53.3 Å². The van der Waals surface area contributed by atoms with Crippen molar-refractivity contribution in [1.29, 1.82) is 0 Å². The van der Waals surface area contributed by atoms with Gasteiger partial charge < -0.3 is 19.7 Å². The predicted molar refractivity (Wildman–Crippen MR) is 155 cm³/mol. The van der Waals surface area contributed by atoms with Crippen LogP contribution in [-0.4, -0.2) is 71.0 Å². The van der Waals surface area contributed by atoms with Crippen LogP contribution in [0.15, 0.2) is 48.8 Å². The summed E-state index contributed by atoms with van der Waals surface area (Å²) < 4.78 is 14.4. The van der Waals surface area contributed by atoms with Crippen LogP contribution in [0.1, 0.15) is 16.7 Å². The smallest absolute Gasteiger partial charge is 0.229 e. The zero-order valence-corrected chi connectivity index (χ0v) is 23.0. The van der Waals surface area contributed by atoms with Gasteiger partial charge in [-0.05, 0) is 81.3 Å². The molecule has 9 heteroatoms. The zero-order chi connectivity index (χ0) is 26.2. The van der Waals surface area contributed by atoms with Crippen molar-refractivity contribution in [3.8, 4) is 0 Å². The number of nitrogens with zero attached hydrogens (tertiary/aromatic N) is 6. The molecule has 0 bridgehead atoms. The molecule has 5 rings (SSSR count). The van der Waals surface area contributed by atoms with Gasteiger partial charge in [0.15, 0.2) is 17.0 Å². The number of hydrogen-bond acceptors (Lipinski definition) is 7. The Morgan fingerprint density at radius 3 is 2.27 bits per heavy atom. The molecule has 37 heavy (non-hydrogen) atoms. The number of likely N-dealkylation sites (N-methyl/N-ethyl adjacent to an activating group) is 1. The second-order valence-corrected chi connectivity index (χ2v) is 13.3. The number of hydrogen-bond donors (Lipinski definition) is 1. The van der Waals surface area contributed by atoms with Gasteiger partial charge in [0.1, 0.15) is 13.5 Å². The lowest BCUT2D eigenvalue weighted by Crippen LogP contribution is -2.45. The summed E-state index contributed by atoms with van der Waals surface area (Å²) in [6.07, 6.45) is 5.92. The van der Waals surface area contributed by atoms with E-state index in [9.17, 15) is 4.57 Å². The minimum Gasteiger partial charge on any atom is -0.338 e. The van der Waals surface area contributed by atoms with Crippen LogP contribution < -0.4 is 15.5 Å². The van der Waals surface area contributed by atoms with E-state index >= 15 is 0 Å². The van der Waals surface area contributed by atoms with Crippen molar-refractivity contribution in [3.05, 3.63) is 65.5 Å². The standard InChI is InChI=1S/C28H34N7OP/c1-20-7-6-8-21(2)24(20)13-14-35-19-29-25-26(30-22-9-11-23(12-10-22)37(4,5)36)31-28(32-27(25)35)34-17-15-33(3)16-18-34/h6-14,19H,15-18H2,1-5H3,(H,30,31,32). The van der Waals surface area contributed by atoms with Gasteiger partial charge in [-0.2, -0.15) is 9.97 Å². The number of anilines is 3. The molecule has 1 fully saturated rings. The Bertz CT molecular complexity index is 1470. The molecule has 0 unspecified atom stereocenters. The number of rotatable bonds is 6. The molecule has 0 amide bonds. The highest BCUT2D eigenvalue weighted by Crippen LogP contribution is 2.35. The van der Waals surface area contributed by atoms with E-state index in [1.54, 1.807) is 19.7 Å². The summed E-state index contributed by atoms with van der Waals surface area (Å²) in [6.45, 7) is 11.5. The molecule has 1 aliphatic heterocycles. The normalized spacial score (nSPS) is 15.1. The molecule has 0 atom stereocenters. The summed E-state index contributed by atoms with van der Waals surface area (Å²) in [4.78, 5) is 19.1. The van der Waals surface area contributed by atoms with E-state index < -0.39 is 7.14 Å². The number of imidazole rings is 1. The zero-order valence-electron chi connectivity index (χ0n) is 22.1. The van der Waals surface area contributed by atoms with Crippen LogP contribution in [0.4, 0.5) is 17.5 Å². The highest BCUT2D eigenvalue weighted by molar-refractivity contribution is 7.70. The Labute approximate surface area is 218 Å². The van der Waals surface area contributed by atoms with Gasteiger partial charge in [-0.15, -0.1) is 0 Å². The molecular weight excluding hydrogens is 481 g/mol. The molecule has 2 aromatic heterocycles. The third-order valence-corrected chi connectivity index (χ3v) is 8.43. The van der Waals surface area contributed by atoms with Crippen LogP contribution in [0, 0.1) is 13.8 Å². The lowest BCUT2D eigenvalue weighted by atomic mass is 10.0. The van der Waals surface area contributed by atoms with Crippen molar-refractivity contribution in [2.75, 3.05) is 56.8 Å². The van der Waals surface area contributed by atoms with E-state index in [2.05, 4.69) is 65.3 Å². The van der Waals surface area contributed by atoms with Crippen LogP contribution in [0.5, 0.6) is 0 Å². The summed E-state index contributed by atoms with van der Waals surface area (Å²) in [6, 6.07) is 14.0. The molecule has 0 saturated carbocycles. The fourth-order valence-electron chi connectivity index (χ4n) is 4.53. The van der Waals surface area contributed by atoms with Crippen molar-refractivity contribution in [3.63, 3.8) is 0 Å². The molecule has 3 heterocycles. The van der Waals surface area contributed by atoms with Crippen LogP contribution >= 0.6 is 7.14 Å². The molecule has 0 spiro atoms. The van der Waals surface area contributed by atoms with Gasteiger partial charge in [0.25, 0.3) is 0 Å². The fraction of sp³-hybridized carbons (Fsp3) is 0.321. The predicted octanol–water partition coefficient (Wildman–Crippen LogP) is 4.81. The van der Waals surface area contributed by atoms with Crippen molar-refractivity contribution < 1.29 is 4.57 Å². The molecule has 8 nitrogen and oxygen atoms in total. The topological polar surface area (TPSA) is 79.2 Å². The van der Waals surface area contributed by atoms with Crippen molar-refractivity contribution in [1.82, 2.24) is 24.4 Å². The van der Waals surface area contributed by atoms with E-state index in [4.69, 9.17) is 9.97 Å². The highest BCUT2D eigenvalue weighted by atomic mass is 31.2. The van der Waals surface area contributed by atoms with Crippen LogP contribution in [0.3, 0.4) is 0 Å². The van der Waals surface area contributed by atoms with E-state index in [0.717, 1.165) is 42.8 Å². The molecule has 1 aliphatic rings. The van der Waals surface area contributed by atoms with Gasteiger partial charge >= 0.3 is 0 Å². The number of piperazine rings is 1. The van der Waals surface area contributed by atoms with Crippen LogP contribution in [0.25, 0.3) is 23.4 Å². The second-order valence-electron chi connectivity index (χ2n) is 10.1. The SMILES string of the molecule is Cc1cccc(C)c1C=Cn1cnc2c(Nc3ccc(P(C)(C)=O)cc3)nc(N3CCN(C)CC3)nc21. The van der Waals surface area contributed by atoms with Crippen LogP contribution in [0.2, 0.25) is 0 Å². The molecule has 0 aliphatic carbocycles. The first kappa shape index (κ1) is 25.2. The Kier molecular flexibility index (Phi) is 6.88. The average Bonchev–Trinajstić information content (AvgIpc) is 3.27. The first-order valence-corrected chi connectivity index (χ1v) is 15.1. The third kappa shape index (κ3) is 5.45. The Morgan fingerprint density at radius 2 is 1.62 bits per heavy atom. The minimum atomic E-state index is -2.32. The van der Waals surface area contributed by atoms with Gasteiger partial charge in [0.2, 0.25) is 5.95 Å². The first-order chi connectivity index (χ1) is 17.7. The minimum absolute atomic E-state index is 0.655. The summed E-state index contributed by atoms with van der Waals surface area (Å²) in [5.74, 6) is 1.34. The molecular formula is C28H34N7OP. The number of benzene rings is 2. The van der Waals surface area contributed by atoms with Crippen molar-refractivity contribution in [2.24, 2.45) is 0 Å². The summed E-state index contributed by atoms with van der Waals surface area (Å²) in [5.41, 5.74) is 5.95. The maximum Gasteiger partial charge on any atom is 0.229 e. The number of aromatic nitrogens is 4. The highest BCUT2D eigenvalue weighted by Gasteiger charge is 2.21. The third-order valence-electron chi connectivity index (χ3n) is 6.89. The Morgan fingerprint density at radius 1 is 0.946 bits per heavy atom. The molecule has 4 aromatic rings. The summed E-state index contributed by atoms with van der Waals surface area (Å²) in [5, 5.41) is 4.29. The first-order valence-electron chi connectivity index (χ1n) is 12.5. The Hall–Kier alpha value is -3.48. The second kappa shape index (κ2) is 10.1. The van der Waals surface area contributed by atoms with E-state index in [0.29, 0.717) is 17.3 Å². The quantitative estimate of drug-likeness (QED) is 0.369. The number of fused-ring (bicyclic) bond motifs is 1. The number of nitrogens with one attached hydrogen (secondary N) is 1. The Balaban J connectivity index is 1.55. The molecule has 192 valence electrons. The average molecular weight is 516 g/mol. The van der Waals surface area contributed by atoms with Gasteiger partial charge in [-0.1, -0.05) is 18.2 Å². The maximum absolute atomic E-state index is 12.4. The van der Waals surface area contributed by atoms with Crippen LogP contribution in [-0.2, 0) is 4.57 Å². The van der Waals surface area contributed by atoms with E-state index in [-0.39, 0.29) is 0 Å². The summed E-state index contributed by atoms with van der Waals surface area (Å²) in [7, 11) is -0.180. The van der Waals surface area contributed by atoms with Gasteiger partial charge in [-0.3, -0.25) is 4.57 Å². The number of aryl methyl sites for hydroxylation is 2. The fourth-order valence-corrected chi connectivity index (χ4v) is 5.40. The maximum atomic E-state index is 12.4. The van der Waals surface area contributed by atoms with E-state index in [1.807, 2.05) is 35.0 Å². The summed E-state index contributed by atoms with van der Waals surface area (Å²) >= 11 is 0. The lowest BCUT2D eigenvalue weighted by Gasteiger charge is -2.32. The molecule has 1 saturated heterocycles.